The topological polar surface area (TPSA) is 84.8 Å². The number of amides is 1. The molecule has 1 fully saturated rings. The third-order valence-electron chi connectivity index (χ3n) is 4.07. The summed E-state index contributed by atoms with van der Waals surface area (Å²) in [4.78, 5) is 16.8. The molecule has 2 aromatic rings. The molecule has 2 N–H and O–H groups in total. The van der Waals surface area contributed by atoms with Crippen LogP contribution in [0.2, 0.25) is 0 Å². The van der Waals surface area contributed by atoms with Crippen molar-refractivity contribution < 1.29 is 9.53 Å². The van der Waals surface area contributed by atoms with Gasteiger partial charge >= 0.3 is 0 Å². The van der Waals surface area contributed by atoms with Crippen LogP contribution in [0, 0.1) is 5.92 Å². The van der Waals surface area contributed by atoms with Gasteiger partial charge < -0.3 is 14.6 Å². The molecule has 7 nitrogen and oxygen atoms in total. The third-order valence-corrected chi connectivity index (χ3v) is 4.07. The predicted molar refractivity (Wildman–Crippen MR) is 79.8 cm³/mol. The van der Waals surface area contributed by atoms with Crippen LogP contribution in [-0.2, 0) is 22.6 Å². The van der Waals surface area contributed by atoms with Crippen molar-refractivity contribution >= 4 is 5.91 Å². The first-order valence-electron chi connectivity index (χ1n) is 7.67. The highest BCUT2D eigenvalue weighted by atomic mass is 16.5. The molecule has 1 aliphatic heterocycles. The van der Waals surface area contributed by atoms with E-state index in [9.17, 15) is 4.79 Å². The molecule has 0 radical (unpaired) electrons. The molecule has 0 saturated carbocycles. The zero-order valence-electron chi connectivity index (χ0n) is 12.7. The highest BCUT2D eigenvalue weighted by molar-refractivity contribution is 5.79. The maximum atomic E-state index is 12.5. The van der Waals surface area contributed by atoms with E-state index >= 15 is 0 Å². The fraction of sp³-hybridized carbons (Fsp3) is 0.533. The molecular weight excluding hydrogens is 282 g/mol. The van der Waals surface area contributed by atoms with E-state index in [0.29, 0.717) is 13.2 Å². The molecule has 1 aliphatic rings. The Hall–Kier alpha value is -2.15. The molecule has 1 saturated heterocycles. The van der Waals surface area contributed by atoms with Crippen molar-refractivity contribution in [2.45, 2.75) is 39.0 Å². The Balaban J connectivity index is 1.65. The van der Waals surface area contributed by atoms with Gasteiger partial charge in [0.15, 0.2) is 0 Å². The molecule has 3 rings (SSSR count). The normalized spacial score (nSPS) is 21.7. The number of aryl methyl sites for hydroxylation is 1. The zero-order chi connectivity index (χ0) is 15.4. The summed E-state index contributed by atoms with van der Waals surface area (Å²) in [6.45, 7) is 4.01. The molecule has 0 unspecified atom stereocenters. The number of aromatic amines is 1. The number of carbonyl (C=O) groups is 1. The average Bonchev–Trinajstić information content (AvgIpc) is 3.23. The van der Waals surface area contributed by atoms with Gasteiger partial charge in [0.2, 0.25) is 5.91 Å². The monoisotopic (exact) mass is 303 g/mol. The second-order valence-electron chi connectivity index (χ2n) is 5.42. The van der Waals surface area contributed by atoms with Crippen molar-refractivity contribution in [3.8, 4) is 0 Å². The highest BCUT2D eigenvalue weighted by Gasteiger charge is 2.33. The van der Waals surface area contributed by atoms with Crippen LogP contribution in [0.1, 0.15) is 37.3 Å². The second-order valence-corrected chi connectivity index (χ2v) is 5.42. The Morgan fingerprint density at radius 1 is 1.59 bits per heavy atom. The summed E-state index contributed by atoms with van der Waals surface area (Å²) in [5, 5.41) is 9.72. The SMILES string of the molecule is CCn1ccnc1CNC(=O)[C@@H]1CCCO[C@H]1c1cn[nH]c1. The first-order valence-corrected chi connectivity index (χ1v) is 7.67. The van der Waals surface area contributed by atoms with E-state index < -0.39 is 0 Å². The van der Waals surface area contributed by atoms with E-state index in [1.165, 1.54) is 0 Å². The third kappa shape index (κ3) is 3.04. The van der Waals surface area contributed by atoms with Crippen molar-refractivity contribution in [3.63, 3.8) is 0 Å². The summed E-state index contributed by atoms with van der Waals surface area (Å²) in [6, 6.07) is 0. The fourth-order valence-electron chi connectivity index (χ4n) is 2.89. The van der Waals surface area contributed by atoms with Crippen LogP contribution in [-0.4, -0.2) is 32.3 Å². The van der Waals surface area contributed by atoms with Crippen LogP contribution in [0.4, 0.5) is 0 Å². The summed E-state index contributed by atoms with van der Waals surface area (Å²) in [7, 11) is 0. The summed E-state index contributed by atoms with van der Waals surface area (Å²) in [5.41, 5.74) is 0.926. The molecular formula is C15H21N5O2. The molecule has 0 aliphatic carbocycles. The second kappa shape index (κ2) is 6.74. The smallest absolute Gasteiger partial charge is 0.226 e. The van der Waals surface area contributed by atoms with Gasteiger partial charge in [0.25, 0.3) is 0 Å². The van der Waals surface area contributed by atoms with E-state index in [1.807, 2.05) is 10.8 Å². The van der Waals surface area contributed by atoms with E-state index in [4.69, 9.17) is 4.74 Å². The van der Waals surface area contributed by atoms with Crippen molar-refractivity contribution in [2.75, 3.05) is 6.61 Å². The molecule has 3 heterocycles. The van der Waals surface area contributed by atoms with Gasteiger partial charge in [-0.15, -0.1) is 0 Å². The van der Waals surface area contributed by atoms with Crippen molar-refractivity contribution in [3.05, 3.63) is 36.2 Å². The van der Waals surface area contributed by atoms with Gasteiger partial charge in [0.1, 0.15) is 5.82 Å². The van der Waals surface area contributed by atoms with Crippen LogP contribution >= 0.6 is 0 Å². The number of imidazole rings is 1. The standard InChI is InChI=1S/C15H21N5O2/c1-2-20-6-5-16-13(20)10-17-15(21)12-4-3-7-22-14(12)11-8-18-19-9-11/h5-6,8-9,12,14H,2-4,7,10H2,1H3,(H,17,21)(H,18,19)/t12-,14+/m1/s1. The molecule has 0 spiro atoms. The van der Waals surface area contributed by atoms with Gasteiger partial charge in [-0.3, -0.25) is 9.89 Å². The maximum Gasteiger partial charge on any atom is 0.226 e. The van der Waals surface area contributed by atoms with Crippen LogP contribution in [0.5, 0.6) is 0 Å². The van der Waals surface area contributed by atoms with Gasteiger partial charge in [-0.1, -0.05) is 0 Å². The van der Waals surface area contributed by atoms with Gasteiger partial charge in [0.05, 0.1) is 24.8 Å². The van der Waals surface area contributed by atoms with Crippen LogP contribution in [0.15, 0.2) is 24.8 Å². The number of aromatic nitrogens is 4. The van der Waals surface area contributed by atoms with E-state index in [2.05, 4.69) is 27.4 Å². The average molecular weight is 303 g/mol. The van der Waals surface area contributed by atoms with Gasteiger partial charge in [-0.25, -0.2) is 4.98 Å². The number of carbonyl (C=O) groups excluding carboxylic acids is 1. The predicted octanol–water partition coefficient (Wildman–Crippen LogP) is 1.41. The molecule has 118 valence electrons. The van der Waals surface area contributed by atoms with Gasteiger partial charge in [0, 0.05) is 37.3 Å². The minimum atomic E-state index is -0.224. The first kappa shape index (κ1) is 14.8. The Bertz CT molecular complexity index is 607. The summed E-state index contributed by atoms with van der Waals surface area (Å²) in [5.74, 6) is 0.695. The lowest BCUT2D eigenvalue weighted by Gasteiger charge is -2.30. The first-order chi connectivity index (χ1) is 10.8. The largest absolute Gasteiger partial charge is 0.373 e. The number of hydrogen-bond acceptors (Lipinski definition) is 4. The number of nitrogens with one attached hydrogen (secondary N) is 2. The van der Waals surface area contributed by atoms with Crippen LogP contribution in [0.25, 0.3) is 0 Å². The number of ether oxygens (including phenoxy) is 1. The van der Waals surface area contributed by atoms with E-state index in [0.717, 1.165) is 30.8 Å². The van der Waals surface area contributed by atoms with Crippen molar-refractivity contribution in [1.29, 1.82) is 0 Å². The Kier molecular flexibility index (Phi) is 4.53. The Labute approximate surface area is 129 Å². The number of nitrogens with zero attached hydrogens (tertiary/aromatic N) is 3. The fourth-order valence-corrected chi connectivity index (χ4v) is 2.89. The van der Waals surface area contributed by atoms with Crippen molar-refractivity contribution in [1.82, 2.24) is 25.1 Å². The Morgan fingerprint density at radius 2 is 2.50 bits per heavy atom. The van der Waals surface area contributed by atoms with E-state index in [1.54, 1.807) is 18.6 Å². The lowest BCUT2D eigenvalue weighted by Crippen LogP contribution is -2.37. The van der Waals surface area contributed by atoms with E-state index in [-0.39, 0.29) is 17.9 Å². The molecule has 2 atom stereocenters. The lowest BCUT2D eigenvalue weighted by atomic mass is 9.90. The van der Waals surface area contributed by atoms with Gasteiger partial charge in [-0.2, -0.15) is 5.10 Å². The molecule has 1 amide bonds. The van der Waals surface area contributed by atoms with Crippen LogP contribution in [0.3, 0.4) is 0 Å². The maximum absolute atomic E-state index is 12.5. The summed E-state index contributed by atoms with van der Waals surface area (Å²) < 4.78 is 7.82. The quantitative estimate of drug-likeness (QED) is 0.874. The molecule has 7 heteroatoms. The zero-order valence-corrected chi connectivity index (χ0v) is 12.7. The molecule has 0 bridgehead atoms. The molecule has 2 aromatic heterocycles. The number of H-pyrrole nitrogens is 1. The minimum absolute atomic E-state index is 0.0107. The number of rotatable bonds is 5. The lowest BCUT2D eigenvalue weighted by molar-refractivity contribution is -0.135. The Morgan fingerprint density at radius 3 is 3.27 bits per heavy atom. The van der Waals surface area contributed by atoms with Crippen LogP contribution < -0.4 is 5.32 Å². The van der Waals surface area contributed by atoms with Crippen molar-refractivity contribution in [2.24, 2.45) is 5.92 Å². The summed E-state index contributed by atoms with van der Waals surface area (Å²) in [6.07, 6.45) is 8.68. The molecule has 22 heavy (non-hydrogen) atoms. The number of hydrogen-bond donors (Lipinski definition) is 2. The van der Waals surface area contributed by atoms with Gasteiger partial charge in [-0.05, 0) is 19.8 Å². The highest BCUT2D eigenvalue weighted by Crippen LogP contribution is 2.33. The molecule has 0 aromatic carbocycles. The minimum Gasteiger partial charge on any atom is -0.373 e. The summed E-state index contributed by atoms with van der Waals surface area (Å²) >= 11 is 0.